The first-order chi connectivity index (χ1) is 11.7. The SMILES string of the molecule is CC(C)(C=Cc1ccccc1)[SiH](c1ccccc1)c1ccccc1. The van der Waals surface area contributed by atoms with E-state index in [1.54, 1.807) is 0 Å². The maximum absolute atomic E-state index is 2.40. The quantitative estimate of drug-likeness (QED) is 0.604. The minimum Gasteiger partial charge on any atom is -0.0805 e. The molecule has 0 unspecified atom stereocenters. The van der Waals surface area contributed by atoms with Gasteiger partial charge in [-0.05, 0) is 10.6 Å². The van der Waals surface area contributed by atoms with Gasteiger partial charge in [-0.15, -0.1) is 0 Å². The fraction of sp³-hybridized carbons (Fsp3) is 0.130. The van der Waals surface area contributed by atoms with E-state index in [1.165, 1.54) is 15.9 Å². The molecule has 0 aromatic heterocycles. The first-order valence-corrected chi connectivity index (χ1v) is 10.2. The van der Waals surface area contributed by atoms with E-state index >= 15 is 0 Å². The summed E-state index contributed by atoms with van der Waals surface area (Å²) >= 11 is 0. The average molecular weight is 329 g/mol. The highest BCUT2D eigenvalue weighted by molar-refractivity contribution is 6.87. The number of benzene rings is 3. The Morgan fingerprint density at radius 2 is 1.04 bits per heavy atom. The highest BCUT2D eigenvalue weighted by Crippen LogP contribution is 2.31. The van der Waals surface area contributed by atoms with Crippen LogP contribution in [0, 0.1) is 0 Å². The van der Waals surface area contributed by atoms with E-state index in [2.05, 4.69) is 117 Å². The summed E-state index contributed by atoms with van der Waals surface area (Å²) < 4.78 is 0. The molecule has 0 aliphatic heterocycles. The van der Waals surface area contributed by atoms with Crippen molar-refractivity contribution in [2.24, 2.45) is 0 Å². The van der Waals surface area contributed by atoms with E-state index in [9.17, 15) is 0 Å². The second-order valence-corrected chi connectivity index (χ2v) is 10.5. The van der Waals surface area contributed by atoms with Crippen molar-refractivity contribution in [2.45, 2.75) is 18.9 Å². The maximum atomic E-state index is 2.40. The van der Waals surface area contributed by atoms with Gasteiger partial charge in [0.15, 0.2) is 0 Å². The molecule has 0 amide bonds. The van der Waals surface area contributed by atoms with Crippen LogP contribution in [0.3, 0.4) is 0 Å². The predicted molar refractivity (Wildman–Crippen MR) is 109 cm³/mol. The average Bonchev–Trinajstić information content (AvgIpc) is 2.63. The van der Waals surface area contributed by atoms with Crippen molar-refractivity contribution in [1.29, 1.82) is 0 Å². The lowest BCUT2D eigenvalue weighted by Crippen LogP contribution is -2.49. The molecule has 0 saturated carbocycles. The maximum Gasteiger partial charge on any atom is 0.112 e. The summed E-state index contributed by atoms with van der Waals surface area (Å²) in [4.78, 5) is 0. The highest BCUT2D eigenvalue weighted by atomic mass is 28.3. The van der Waals surface area contributed by atoms with Gasteiger partial charge in [-0.1, -0.05) is 127 Å². The third-order valence-electron chi connectivity index (χ3n) is 4.51. The van der Waals surface area contributed by atoms with Gasteiger partial charge in [0.2, 0.25) is 0 Å². The van der Waals surface area contributed by atoms with Gasteiger partial charge in [-0.25, -0.2) is 0 Å². The van der Waals surface area contributed by atoms with Crippen LogP contribution in [0.1, 0.15) is 19.4 Å². The molecule has 120 valence electrons. The Bertz CT molecular complexity index is 735. The lowest BCUT2D eigenvalue weighted by atomic mass is 10.1. The predicted octanol–water partition coefficient (Wildman–Crippen LogP) is 4.52. The van der Waals surface area contributed by atoms with E-state index in [4.69, 9.17) is 0 Å². The van der Waals surface area contributed by atoms with Crippen LogP contribution < -0.4 is 10.4 Å². The third kappa shape index (κ3) is 3.93. The first-order valence-electron chi connectivity index (χ1n) is 8.51. The first kappa shape index (κ1) is 16.5. The molecule has 3 aromatic carbocycles. The minimum atomic E-state index is -1.39. The smallest absolute Gasteiger partial charge is 0.0805 e. The number of rotatable bonds is 5. The monoisotopic (exact) mass is 328 g/mol. The van der Waals surface area contributed by atoms with Crippen LogP contribution >= 0.6 is 0 Å². The third-order valence-corrected chi connectivity index (χ3v) is 8.30. The molecule has 1 heteroatoms. The fourth-order valence-electron chi connectivity index (χ4n) is 3.31. The molecule has 3 aromatic rings. The topological polar surface area (TPSA) is 0 Å². The molecule has 0 aliphatic rings. The molecule has 0 N–H and O–H groups in total. The molecular formula is C23H24Si. The van der Waals surface area contributed by atoms with Gasteiger partial charge < -0.3 is 0 Å². The Hall–Kier alpha value is -2.38. The molecule has 0 radical (unpaired) electrons. The molecule has 24 heavy (non-hydrogen) atoms. The van der Waals surface area contributed by atoms with E-state index in [0.717, 1.165) is 0 Å². The van der Waals surface area contributed by atoms with Crippen LogP contribution in [0.4, 0.5) is 0 Å². The minimum absolute atomic E-state index is 0.137. The van der Waals surface area contributed by atoms with Crippen molar-refractivity contribution < 1.29 is 0 Å². The van der Waals surface area contributed by atoms with Crippen molar-refractivity contribution in [3.8, 4) is 0 Å². The molecule has 0 saturated heterocycles. The zero-order valence-corrected chi connectivity index (χ0v) is 15.5. The Kier molecular flexibility index (Phi) is 5.12. The zero-order chi connectivity index (χ0) is 16.8. The summed E-state index contributed by atoms with van der Waals surface area (Å²) in [5.74, 6) is 0. The van der Waals surface area contributed by atoms with E-state index < -0.39 is 8.80 Å². The summed E-state index contributed by atoms with van der Waals surface area (Å²) in [6.45, 7) is 4.76. The Balaban J connectivity index is 2.00. The Labute approximate surface area is 147 Å². The van der Waals surface area contributed by atoms with Crippen LogP contribution in [-0.4, -0.2) is 8.80 Å². The molecule has 0 atom stereocenters. The normalized spacial score (nSPS) is 12.0. The summed E-state index contributed by atoms with van der Waals surface area (Å²) in [5, 5.41) is 3.12. The van der Waals surface area contributed by atoms with Gasteiger partial charge in [0, 0.05) is 0 Å². The van der Waals surface area contributed by atoms with Gasteiger partial charge in [-0.2, -0.15) is 0 Å². The standard InChI is InChI=1S/C23H24Si/c1-23(2,19-18-20-12-6-3-7-13-20)24(21-14-8-4-9-15-21)22-16-10-5-11-17-22/h3-19,24H,1-2H3. The second-order valence-electron chi connectivity index (χ2n) is 6.82. The summed E-state index contributed by atoms with van der Waals surface area (Å²) in [5.41, 5.74) is 1.26. The van der Waals surface area contributed by atoms with Crippen LogP contribution in [0.2, 0.25) is 5.04 Å². The molecular weight excluding hydrogens is 304 g/mol. The molecule has 3 rings (SSSR count). The van der Waals surface area contributed by atoms with Gasteiger partial charge >= 0.3 is 0 Å². The van der Waals surface area contributed by atoms with Gasteiger partial charge in [0.1, 0.15) is 8.80 Å². The fourth-order valence-corrected chi connectivity index (χ4v) is 6.92. The molecule has 0 nitrogen and oxygen atoms in total. The van der Waals surface area contributed by atoms with E-state index in [1.807, 2.05) is 0 Å². The largest absolute Gasteiger partial charge is 0.112 e. The Morgan fingerprint density at radius 1 is 0.625 bits per heavy atom. The lowest BCUT2D eigenvalue weighted by Gasteiger charge is -2.31. The Morgan fingerprint density at radius 3 is 1.50 bits per heavy atom. The number of hydrogen-bond donors (Lipinski definition) is 0. The van der Waals surface area contributed by atoms with Crippen molar-refractivity contribution in [3.05, 3.63) is 103 Å². The molecule has 0 aliphatic carbocycles. The van der Waals surface area contributed by atoms with Crippen LogP contribution in [0.5, 0.6) is 0 Å². The lowest BCUT2D eigenvalue weighted by molar-refractivity contribution is 0.846. The number of allylic oxidation sites excluding steroid dienone is 1. The molecule has 0 bridgehead atoms. The molecule has 0 fully saturated rings. The van der Waals surface area contributed by atoms with Crippen molar-refractivity contribution >= 4 is 25.2 Å². The van der Waals surface area contributed by atoms with Crippen molar-refractivity contribution in [2.75, 3.05) is 0 Å². The second kappa shape index (κ2) is 7.46. The van der Waals surface area contributed by atoms with Gasteiger partial charge in [0.05, 0.1) is 0 Å². The van der Waals surface area contributed by atoms with E-state index in [0.29, 0.717) is 0 Å². The molecule has 0 heterocycles. The number of hydrogen-bond acceptors (Lipinski definition) is 0. The van der Waals surface area contributed by atoms with E-state index in [-0.39, 0.29) is 5.04 Å². The van der Waals surface area contributed by atoms with Crippen LogP contribution in [-0.2, 0) is 0 Å². The van der Waals surface area contributed by atoms with Gasteiger partial charge in [0.25, 0.3) is 0 Å². The van der Waals surface area contributed by atoms with Crippen molar-refractivity contribution in [1.82, 2.24) is 0 Å². The summed E-state index contributed by atoms with van der Waals surface area (Å²) in [6, 6.07) is 32.6. The van der Waals surface area contributed by atoms with Crippen molar-refractivity contribution in [3.63, 3.8) is 0 Å². The highest BCUT2D eigenvalue weighted by Gasteiger charge is 2.31. The van der Waals surface area contributed by atoms with Crippen LogP contribution in [0.15, 0.2) is 97.1 Å². The summed E-state index contributed by atoms with van der Waals surface area (Å²) in [6.07, 6.45) is 4.67. The van der Waals surface area contributed by atoms with Gasteiger partial charge in [-0.3, -0.25) is 0 Å². The van der Waals surface area contributed by atoms with Crippen LogP contribution in [0.25, 0.3) is 6.08 Å². The zero-order valence-electron chi connectivity index (χ0n) is 14.4. The summed E-state index contributed by atoms with van der Waals surface area (Å²) in [7, 11) is -1.39. The molecule has 0 spiro atoms.